The number of aromatic nitrogens is 1. The van der Waals surface area contributed by atoms with E-state index in [0.29, 0.717) is 18.7 Å². The van der Waals surface area contributed by atoms with Crippen LogP contribution in [0.5, 0.6) is 0 Å². The Balaban J connectivity index is 1.51. The molecule has 34 heavy (non-hydrogen) atoms. The first-order valence-electron chi connectivity index (χ1n) is 11.2. The molecule has 7 heteroatoms. The van der Waals surface area contributed by atoms with Crippen LogP contribution in [0, 0.1) is 0 Å². The highest BCUT2D eigenvalue weighted by atomic mass is 32.2. The Labute approximate surface area is 199 Å². The number of rotatable bonds is 6. The molecular weight excluding hydrogens is 448 g/mol. The molecule has 0 saturated carbocycles. The first-order valence-corrected chi connectivity index (χ1v) is 12.7. The maximum atomic E-state index is 14.1. The van der Waals surface area contributed by atoms with E-state index in [1.165, 1.54) is 4.31 Å². The number of hydrogen-bond donors (Lipinski definition) is 0. The first-order chi connectivity index (χ1) is 16.6. The van der Waals surface area contributed by atoms with Crippen molar-refractivity contribution in [2.75, 3.05) is 13.2 Å². The number of ether oxygens (including phenoxy) is 2. The summed E-state index contributed by atoms with van der Waals surface area (Å²) in [7, 11) is -3.90. The normalized spacial score (nSPS) is 17.1. The van der Waals surface area contributed by atoms with E-state index in [1.807, 2.05) is 66.7 Å². The van der Waals surface area contributed by atoms with Crippen molar-refractivity contribution in [3.8, 4) is 0 Å². The zero-order valence-corrected chi connectivity index (χ0v) is 19.5. The molecule has 0 spiro atoms. The highest BCUT2D eigenvalue weighted by Gasteiger charge is 2.35. The molecule has 1 atom stereocenters. The minimum atomic E-state index is -3.90. The molecule has 2 heterocycles. The van der Waals surface area contributed by atoms with E-state index < -0.39 is 16.1 Å². The van der Waals surface area contributed by atoms with Gasteiger partial charge in [-0.05, 0) is 28.8 Å². The van der Waals surface area contributed by atoms with E-state index >= 15 is 0 Å². The Morgan fingerprint density at radius 2 is 1.68 bits per heavy atom. The molecule has 0 radical (unpaired) electrons. The zero-order valence-electron chi connectivity index (χ0n) is 18.7. The summed E-state index contributed by atoms with van der Waals surface area (Å²) in [5.74, 6) is 0. The molecule has 1 aromatic heterocycles. The van der Waals surface area contributed by atoms with Gasteiger partial charge in [0.2, 0.25) is 10.0 Å². The van der Waals surface area contributed by atoms with Crippen molar-refractivity contribution >= 4 is 20.9 Å². The lowest BCUT2D eigenvalue weighted by molar-refractivity contribution is 0.0130. The molecule has 0 fully saturated rings. The number of benzene rings is 3. The van der Waals surface area contributed by atoms with Gasteiger partial charge in [-0.3, -0.25) is 4.98 Å². The first kappa shape index (κ1) is 22.7. The van der Waals surface area contributed by atoms with Gasteiger partial charge in [-0.25, -0.2) is 8.42 Å². The average Bonchev–Trinajstić information content (AvgIpc) is 2.86. The fourth-order valence-corrected chi connectivity index (χ4v) is 5.99. The summed E-state index contributed by atoms with van der Waals surface area (Å²) in [6, 6.07) is 26.1. The molecule has 0 bridgehead atoms. The van der Waals surface area contributed by atoms with Crippen LogP contribution in [0.4, 0.5) is 0 Å². The molecule has 3 aromatic carbocycles. The van der Waals surface area contributed by atoms with E-state index in [1.54, 1.807) is 24.4 Å². The van der Waals surface area contributed by atoms with Gasteiger partial charge in [-0.15, -0.1) is 0 Å². The molecular formula is C27H26N2O4S. The second-order valence-corrected chi connectivity index (χ2v) is 10.2. The van der Waals surface area contributed by atoms with Gasteiger partial charge in [0, 0.05) is 18.1 Å². The van der Waals surface area contributed by atoms with Crippen LogP contribution < -0.4 is 0 Å². The lowest BCUT2D eigenvalue weighted by Gasteiger charge is -2.33. The zero-order chi connectivity index (χ0) is 23.4. The summed E-state index contributed by atoms with van der Waals surface area (Å²) in [4.78, 5) is 4.58. The number of nitrogens with zero attached hydrogens (tertiary/aromatic N) is 2. The van der Waals surface area contributed by atoms with Crippen LogP contribution >= 0.6 is 0 Å². The Kier molecular flexibility index (Phi) is 6.69. The number of hydrogen-bond acceptors (Lipinski definition) is 5. The Hall–Kier alpha value is -3.10. The van der Waals surface area contributed by atoms with Crippen molar-refractivity contribution in [3.63, 3.8) is 0 Å². The number of para-hydroxylation sites is 1. The van der Waals surface area contributed by atoms with Gasteiger partial charge < -0.3 is 9.47 Å². The van der Waals surface area contributed by atoms with Gasteiger partial charge >= 0.3 is 0 Å². The van der Waals surface area contributed by atoms with Crippen LogP contribution in [0.25, 0.3) is 10.9 Å². The maximum Gasteiger partial charge on any atom is 0.245 e. The molecule has 174 valence electrons. The summed E-state index contributed by atoms with van der Waals surface area (Å²) in [6.45, 7) is 1.53. The van der Waals surface area contributed by atoms with Gasteiger partial charge in [0.1, 0.15) is 4.90 Å². The molecule has 0 saturated heterocycles. The van der Waals surface area contributed by atoms with Gasteiger partial charge in [-0.2, -0.15) is 4.31 Å². The molecule has 1 aliphatic rings. The third-order valence-corrected chi connectivity index (χ3v) is 7.95. The summed E-state index contributed by atoms with van der Waals surface area (Å²) in [5.41, 5.74) is 3.41. The minimum absolute atomic E-state index is 0.191. The van der Waals surface area contributed by atoms with Gasteiger partial charge in [0.15, 0.2) is 0 Å². The van der Waals surface area contributed by atoms with Gasteiger partial charge in [0.05, 0.1) is 38.0 Å². The van der Waals surface area contributed by atoms with Crippen LogP contribution in [-0.2, 0) is 39.3 Å². The Morgan fingerprint density at radius 1 is 0.912 bits per heavy atom. The van der Waals surface area contributed by atoms with Crippen LogP contribution in [-0.4, -0.2) is 37.0 Å². The number of sulfonamides is 1. The van der Waals surface area contributed by atoms with Crippen molar-refractivity contribution < 1.29 is 17.9 Å². The van der Waals surface area contributed by atoms with Crippen LogP contribution in [0.3, 0.4) is 0 Å². The summed E-state index contributed by atoms with van der Waals surface area (Å²) < 4.78 is 41.7. The molecule has 0 aliphatic carbocycles. The van der Waals surface area contributed by atoms with E-state index in [-0.39, 0.29) is 24.7 Å². The van der Waals surface area contributed by atoms with E-state index in [9.17, 15) is 8.42 Å². The third-order valence-electron chi connectivity index (χ3n) is 6.02. The Morgan fingerprint density at radius 3 is 2.53 bits per heavy atom. The number of fused-ring (bicyclic) bond motifs is 2. The number of pyridine rings is 1. The molecule has 4 aromatic rings. The quantitative estimate of drug-likeness (QED) is 0.410. The van der Waals surface area contributed by atoms with Crippen LogP contribution in [0.2, 0.25) is 0 Å². The second kappa shape index (κ2) is 10.0. The van der Waals surface area contributed by atoms with Crippen molar-refractivity contribution in [1.29, 1.82) is 0 Å². The molecule has 0 unspecified atom stereocenters. The third kappa shape index (κ3) is 4.74. The maximum absolute atomic E-state index is 14.1. The Bertz CT molecular complexity index is 1370. The topological polar surface area (TPSA) is 68.7 Å². The predicted molar refractivity (Wildman–Crippen MR) is 130 cm³/mol. The molecule has 0 N–H and O–H groups in total. The highest BCUT2D eigenvalue weighted by molar-refractivity contribution is 7.89. The summed E-state index contributed by atoms with van der Waals surface area (Å²) in [6.07, 6.45) is 1.62. The fourth-order valence-electron chi connectivity index (χ4n) is 4.25. The van der Waals surface area contributed by atoms with Crippen LogP contribution in [0.15, 0.2) is 96.0 Å². The summed E-state index contributed by atoms with van der Waals surface area (Å²) >= 11 is 0. The molecule has 1 aliphatic heterocycles. The second-order valence-electron chi connectivity index (χ2n) is 8.32. The van der Waals surface area contributed by atoms with Crippen molar-refractivity contribution in [1.82, 2.24) is 9.29 Å². The van der Waals surface area contributed by atoms with Crippen LogP contribution in [0.1, 0.15) is 16.7 Å². The monoisotopic (exact) mass is 474 g/mol. The SMILES string of the molecule is O=S(=O)(c1cccc2cccnc12)N1Cc2ccccc2COC[C@H]1COCc1ccccc1. The lowest BCUT2D eigenvalue weighted by Crippen LogP contribution is -2.46. The highest BCUT2D eigenvalue weighted by Crippen LogP contribution is 2.29. The average molecular weight is 475 g/mol. The molecule has 5 rings (SSSR count). The van der Waals surface area contributed by atoms with E-state index in [4.69, 9.17) is 9.47 Å². The predicted octanol–water partition coefficient (Wildman–Crippen LogP) is 4.54. The van der Waals surface area contributed by atoms with Crippen molar-refractivity contribution in [3.05, 3.63) is 108 Å². The standard InChI is InChI=1S/C27H26N2O4S/c30-34(31,26-14-6-12-22-13-7-15-28-27(22)26)29-16-23-10-4-5-11-24(23)18-33-20-25(29)19-32-17-21-8-2-1-3-9-21/h1-15,25H,16-20H2/t25-/m1/s1. The lowest BCUT2D eigenvalue weighted by atomic mass is 10.1. The van der Waals surface area contributed by atoms with Gasteiger partial charge in [-0.1, -0.05) is 72.8 Å². The largest absolute Gasteiger partial charge is 0.375 e. The fraction of sp³-hybridized carbons (Fsp3) is 0.222. The van der Waals surface area contributed by atoms with E-state index in [0.717, 1.165) is 22.1 Å². The smallest absolute Gasteiger partial charge is 0.245 e. The molecule has 0 amide bonds. The minimum Gasteiger partial charge on any atom is -0.375 e. The van der Waals surface area contributed by atoms with Crippen molar-refractivity contribution in [2.45, 2.75) is 30.7 Å². The van der Waals surface area contributed by atoms with E-state index in [2.05, 4.69) is 4.98 Å². The summed E-state index contributed by atoms with van der Waals surface area (Å²) in [5, 5.41) is 0.782. The van der Waals surface area contributed by atoms with Crippen molar-refractivity contribution in [2.24, 2.45) is 0 Å². The van der Waals surface area contributed by atoms with Gasteiger partial charge in [0.25, 0.3) is 0 Å². The molecule has 6 nitrogen and oxygen atoms in total.